The van der Waals surface area contributed by atoms with E-state index >= 15 is 0 Å². The van der Waals surface area contributed by atoms with Crippen LogP contribution >= 0.6 is 11.6 Å². The molecule has 24 heavy (non-hydrogen) atoms. The third-order valence-electron chi connectivity index (χ3n) is 3.30. The van der Waals surface area contributed by atoms with Gasteiger partial charge in [-0.3, -0.25) is 9.59 Å². The van der Waals surface area contributed by atoms with E-state index in [0.717, 1.165) is 0 Å². The van der Waals surface area contributed by atoms with Gasteiger partial charge in [-0.2, -0.15) is 0 Å². The fourth-order valence-corrected chi connectivity index (χ4v) is 2.11. The quantitative estimate of drug-likeness (QED) is 0.778. The van der Waals surface area contributed by atoms with E-state index in [1.165, 1.54) is 0 Å². The maximum absolute atomic E-state index is 12.3. The lowest BCUT2D eigenvalue weighted by molar-refractivity contribution is -0.123. The standard InChI is InChI=1S/C19H20ClNO3/c1-13(2)11-21-18(22)12-24-17-9-5-15(6-10-17)19(23)14-3-7-16(20)8-4-14/h3-10,13H,11-12H2,1-2H3,(H,21,22). The lowest BCUT2D eigenvalue weighted by atomic mass is 10.0. The van der Waals surface area contributed by atoms with Gasteiger partial charge in [0, 0.05) is 22.7 Å². The van der Waals surface area contributed by atoms with Gasteiger partial charge >= 0.3 is 0 Å². The van der Waals surface area contributed by atoms with Crippen LogP contribution in [0.2, 0.25) is 5.02 Å². The molecule has 1 N–H and O–H groups in total. The molecule has 0 aliphatic heterocycles. The van der Waals surface area contributed by atoms with Crippen molar-refractivity contribution in [3.05, 3.63) is 64.7 Å². The number of amides is 1. The molecule has 2 aromatic rings. The lowest BCUT2D eigenvalue weighted by Gasteiger charge is -2.09. The normalized spacial score (nSPS) is 10.5. The largest absolute Gasteiger partial charge is 0.484 e. The summed E-state index contributed by atoms with van der Waals surface area (Å²) in [7, 11) is 0. The van der Waals surface area contributed by atoms with Crippen molar-refractivity contribution >= 4 is 23.3 Å². The highest BCUT2D eigenvalue weighted by molar-refractivity contribution is 6.30. The number of hydrogen-bond donors (Lipinski definition) is 1. The average molecular weight is 346 g/mol. The Labute approximate surface area is 146 Å². The van der Waals surface area contributed by atoms with Gasteiger partial charge < -0.3 is 10.1 Å². The number of hydrogen-bond acceptors (Lipinski definition) is 3. The van der Waals surface area contributed by atoms with E-state index in [0.29, 0.717) is 34.4 Å². The van der Waals surface area contributed by atoms with Crippen LogP contribution in [0.5, 0.6) is 5.75 Å². The average Bonchev–Trinajstić information content (AvgIpc) is 2.58. The van der Waals surface area contributed by atoms with Gasteiger partial charge in [0.2, 0.25) is 0 Å². The summed E-state index contributed by atoms with van der Waals surface area (Å²) in [4.78, 5) is 23.9. The minimum absolute atomic E-state index is 0.0444. The Kier molecular flexibility index (Phi) is 6.38. The highest BCUT2D eigenvalue weighted by atomic mass is 35.5. The van der Waals surface area contributed by atoms with Crippen molar-refractivity contribution in [1.82, 2.24) is 5.32 Å². The molecule has 0 radical (unpaired) electrons. The summed E-state index contributed by atoms with van der Waals surface area (Å²) in [6.07, 6.45) is 0. The first-order valence-corrected chi connectivity index (χ1v) is 8.13. The van der Waals surface area contributed by atoms with Crippen LogP contribution in [-0.4, -0.2) is 24.8 Å². The predicted octanol–water partition coefficient (Wildman–Crippen LogP) is 3.72. The first-order chi connectivity index (χ1) is 11.5. The lowest BCUT2D eigenvalue weighted by Crippen LogP contribution is -2.31. The maximum Gasteiger partial charge on any atom is 0.257 e. The zero-order valence-electron chi connectivity index (χ0n) is 13.7. The third-order valence-corrected chi connectivity index (χ3v) is 3.55. The molecule has 0 saturated heterocycles. The van der Waals surface area contributed by atoms with Crippen LogP contribution in [0.3, 0.4) is 0 Å². The van der Waals surface area contributed by atoms with Crippen LogP contribution < -0.4 is 10.1 Å². The molecule has 0 unspecified atom stereocenters. The Morgan fingerprint density at radius 2 is 1.54 bits per heavy atom. The summed E-state index contributed by atoms with van der Waals surface area (Å²) in [6, 6.07) is 13.5. The highest BCUT2D eigenvalue weighted by Gasteiger charge is 2.09. The van der Waals surface area contributed by atoms with Gasteiger partial charge in [0.25, 0.3) is 5.91 Å². The second kappa shape index (κ2) is 8.50. The van der Waals surface area contributed by atoms with Crippen LogP contribution in [0.15, 0.2) is 48.5 Å². The molecule has 4 nitrogen and oxygen atoms in total. The molecule has 0 spiro atoms. The topological polar surface area (TPSA) is 55.4 Å². The minimum atomic E-state index is -0.162. The number of halogens is 1. The summed E-state index contributed by atoms with van der Waals surface area (Å²) < 4.78 is 5.42. The van der Waals surface area contributed by atoms with Crippen LogP contribution in [0, 0.1) is 5.92 Å². The van der Waals surface area contributed by atoms with Gasteiger partial charge in [-0.15, -0.1) is 0 Å². The van der Waals surface area contributed by atoms with Gasteiger partial charge in [-0.25, -0.2) is 0 Å². The van der Waals surface area contributed by atoms with E-state index in [2.05, 4.69) is 5.32 Å². The summed E-state index contributed by atoms with van der Waals surface area (Å²) >= 11 is 5.82. The van der Waals surface area contributed by atoms with E-state index < -0.39 is 0 Å². The molecule has 1 amide bonds. The second-order valence-corrected chi connectivity index (χ2v) is 6.28. The number of ether oxygens (including phenoxy) is 1. The molecule has 2 aromatic carbocycles. The molecule has 126 valence electrons. The van der Waals surface area contributed by atoms with Crippen molar-refractivity contribution in [2.75, 3.05) is 13.2 Å². The molecule has 0 bridgehead atoms. The predicted molar refractivity (Wildman–Crippen MR) is 94.7 cm³/mol. The Morgan fingerprint density at radius 3 is 2.08 bits per heavy atom. The molecule has 5 heteroatoms. The summed E-state index contributed by atoms with van der Waals surface area (Å²) in [5.41, 5.74) is 1.12. The van der Waals surface area contributed by atoms with Crippen molar-refractivity contribution in [3.63, 3.8) is 0 Å². The summed E-state index contributed by atoms with van der Waals surface area (Å²) in [6.45, 7) is 4.63. The fourth-order valence-electron chi connectivity index (χ4n) is 1.99. The Balaban J connectivity index is 1.92. The molecule has 0 aliphatic rings. The number of benzene rings is 2. The molecular formula is C19H20ClNO3. The van der Waals surface area contributed by atoms with E-state index in [1.807, 2.05) is 13.8 Å². The smallest absolute Gasteiger partial charge is 0.257 e. The van der Waals surface area contributed by atoms with E-state index in [9.17, 15) is 9.59 Å². The van der Waals surface area contributed by atoms with Crippen LogP contribution in [0.25, 0.3) is 0 Å². The molecule has 0 aliphatic carbocycles. The molecule has 0 fully saturated rings. The molecule has 0 atom stereocenters. The van der Waals surface area contributed by atoms with Gasteiger partial charge in [-0.05, 0) is 54.4 Å². The molecular weight excluding hydrogens is 326 g/mol. The number of nitrogens with one attached hydrogen (secondary N) is 1. The van der Waals surface area contributed by atoms with Crippen molar-refractivity contribution < 1.29 is 14.3 Å². The third kappa shape index (κ3) is 5.39. The number of carbonyl (C=O) groups is 2. The van der Waals surface area contributed by atoms with E-state index in [-0.39, 0.29) is 18.3 Å². The first-order valence-electron chi connectivity index (χ1n) is 7.75. The molecule has 0 saturated carbocycles. The van der Waals surface area contributed by atoms with Crippen molar-refractivity contribution in [1.29, 1.82) is 0 Å². The van der Waals surface area contributed by atoms with E-state index in [1.54, 1.807) is 48.5 Å². The molecule has 0 aromatic heterocycles. The molecule has 2 rings (SSSR count). The minimum Gasteiger partial charge on any atom is -0.484 e. The Hall–Kier alpha value is -2.33. The van der Waals surface area contributed by atoms with Gasteiger partial charge in [-0.1, -0.05) is 25.4 Å². The van der Waals surface area contributed by atoms with Crippen molar-refractivity contribution in [3.8, 4) is 5.75 Å². The number of carbonyl (C=O) groups excluding carboxylic acids is 2. The maximum atomic E-state index is 12.3. The zero-order valence-corrected chi connectivity index (χ0v) is 14.5. The zero-order chi connectivity index (χ0) is 17.5. The van der Waals surface area contributed by atoms with Crippen LogP contribution in [-0.2, 0) is 4.79 Å². The van der Waals surface area contributed by atoms with Gasteiger partial charge in [0.05, 0.1) is 0 Å². The monoisotopic (exact) mass is 345 g/mol. The number of ketones is 1. The molecule has 0 heterocycles. The van der Waals surface area contributed by atoms with Crippen LogP contribution in [0.1, 0.15) is 29.8 Å². The number of rotatable bonds is 7. The van der Waals surface area contributed by atoms with Crippen LogP contribution in [0.4, 0.5) is 0 Å². The first kappa shape index (κ1) is 18.0. The van der Waals surface area contributed by atoms with E-state index in [4.69, 9.17) is 16.3 Å². The highest BCUT2D eigenvalue weighted by Crippen LogP contribution is 2.17. The van der Waals surface area contributed by atoms with Crippen molar-refractivity contribution in [2.24, 2.45) is 5.92 Å². The summed E-state index contributed by atoms with van der Waals surface area (Å²) in [5, 5.41) is 3.37. The summed E-state index contributed by atoms with van der Waals surface area (Å²) in [5.74, 6) is 0.687. The Bertz CT molecular complexity index is 694. The fraction of sp³-hybridized carbons (Fsp3) is 0.263. The Morgan fingerprint density at radius 1 is 1.00 bits per heavy atom. The van der Waals surface area contributed by atoms with Gasteiger partial charge in [0.15, 0.2) is 12.4 Å². The van der Waals surface area contributed by atoms with Gasteiger partial charge in [0.1, 0.15) is 5.75 Å². The second-order valence-electron chi connectivity index (χ2n) is 5.85. The SMILES string of the molecule is CC(C)CNC(=O)COc1ccc(C(=O)c2ccc(Cl)cc2)cc1. The van der Waals surface area contributed by atoms with Crippen molar-refractivity contribution in [2.45, 2.75) is 13.8 Å².